The second-order valence-electron chi connectivity index (χ2n) is 6.79. The number of carbonyl (C=O) groups is 2. The number of hydrogen-bond donors (Lipinski definition) is 2. The van der Waals surface area contributed by atoms with E-state index in [-0.39, 0.29) is 18.4 Å². The van der Waals surface area contributed by atoms with Crippen LogP contribution in [0.5, 0.6) is 0 Å². The van der Waals surface area contributed by atoms with E-state index >= 15 is 0 Å². The maximum atomic E-state index is 13.3. The van der Waals surface area contributed by atoms with E-state index in [0.717, 1.165) is 5.56 Å². The van der Waals surface area contributed by atoms with E-state index in [1.54, 1.807) is 13.0 Å². The highest BCUT2D eigenvalue weighted by atomic mass is 19.1. The van der Waals surface area contributed by atoms with Gasteiger partial charge in [0.25, 0.3) is 0 Å². The van der Waals surface area contributed by atoms with Crippen molar-refractivity contribution in [2.45, 2.75) is 19.8 Å². The molecule has 0 bridgehead atoms. The van der Waals surface area contributed by atoms with Crippen molar-refractivity contribution in [2.75, 3.05) is 0 Å². The minimum atomic E-state index is -1.34. The van der Waals surface area contributed by atoms with Crippen LogP contribution in [0.2, 0.25) is 0 Å². The number of halogens is 1. The Morgan fingerprint density at radius 3 is 2.22 bits per heavy atom. The third kappa shape index (κ3) is 3.67. The number of allylic oxidation sites excluding steroid dienone is 2. The quantitative estimate of drug-likeness (QED) is 0.826. The molecule has 1 aliphatic carbocycles. The molecule has 1 unspecified atom stereocenters. The molecule has 1 aliphatic rings. The summed E-state index contributed by atoms with van der Waals surface area (Å²) in [5, 5.41) is 19.7. The van der Waals surface area contributed by atoms with Crippen molar-refractivity contribution in [1.29, 1.82) is 0 Å². The third-order valence-corrected chi connectivity index (χ3v) is 4.86. The molecule has 2 N–H and O–H groups in total. The summed E-state index contributed by atoms with van der Waals surface area (Å²) in [6.07, 6.45) is 1.68. The second-order valence-corrected chi connectivity index (χ2v) is 6.79. The summed E-state index contributed by atoms with van der Waals surface area (Å²) >= 11 is 0. The highest BCUT2D eigenvalue weighted by Crippen LogP contribution is 2.44. The number of carboxylic acids is 2. The van der Waals surface area contributed by atoms with Crippen LogP contribution in [0.25, 0.3) is 5.57 Å². The Balaban J connectivity index is 2.11. The van der Waals surface area contributed by atoms with Gasteiger partial charge in [-0.15, -0.1) is 0 Å². The van der Waals surface area contributed by atoms with Crippen molar-refractivity contribution >= 4 is 17.5 Å². The van der Waals surface area contributed by atoms with Crippen molar-refractivity contribution in [3.05, 3.63) is 88.8 Å². The summed E-state index contributed by atoms with van der Waals surface area (Å²) in [5.41, 5.74) is 1.07. The summed E-state index contributed by atoms with van der Waals surface area (Å²) < 4.78 is 13.3. The lowest BCUT2D eigenvalue weighted by atomic mass is 9.69. The number of rotatable bonds is 5. The summed E-state index contributed by atoms with van der Waals surface area (Å²) in [6.45, 7) is 1.70. The molecule has 0 amide bonds. The van der Waals surface area contributed by atoms with E-state index in [4.69, 9.17) is 0 Å². The van der Waals surface area contributed by atoms with Crippen LogP contribution >= 0.6 is 0 Å². The molecule has 3 rings (SSSR count). The minimum Gasteiger partial charge on any atom is -0.481 e. The van der Waals surface area contributed by atoms with E-state index < -0.39 is 23.2 Å². The van der Waals surface area contributed by atoms with Gasteiger partial charge in [-0.05, 0) is 47.8 Å². The largest absolute Gasteiger partial charge is 0.481 e. The molecule has 5 heteroatoms. The van der Waals surface area contributed by atoms with Gasteiger partial charge in [-0.1, -0.05) is 48.5 Å². The van der Waals surface area contributed by atoms with Gasteiger partial charge < -0.3 is 10.2 Å². The Labute approximate surface area is 156 Å². The summed E-state index contributed by atoms with van der Waals surface area (Å²) in [7, 11) is 0. The smallest absolute Gasteiger partial charge is 0.332 e. The molecule has 0 saturated heterocycles. The summed E-state index contributed by atoms with van der Waals surface area (Å²) in [6, 6.07) is 14.7. The van der Waals surface area contributed by atoms with Crippen molar-refractivity contribution < 1.29 is 24.2 Å². The fraction of sp³-hybridized carbons (Fsp3) is 0.182. The maximum absolute atomic E-state index is 13.3. The van der Waals surface area contributed by atoms with Gasteiger partial charge in [0.1, 0.15) is 5.82 Å². The number of aliphatic carboxylic acids is 2. The molecule has 4 nitrogen and oxygen atoms in total. The van der Waals surface area contributed by atoms with Gasteiger partial charge >= 0.3 is 11.9 Å². The third-order valence-electron chi connectivity index (χ3n) is 4.86. The standard InChI is InChI=1S/C22H19FO4/c1-14-11-22(21(26)27,12-15-5-3-2-4-6-15)13-18(20(24)25)19(14)16-7-9-17(23)10-8-16/h2-11H,12-13H2,1H3,(H,24,25)(H,26,27). The van der Waals surface area contributed by atoms with E-state index in [2.05, 4.69) is 0 Å². The first-order valence-corrected chi connectivity index (χ1v) is 8.52. The number of hydrogen-bond acceptors (Lipinski definition) is 2. The van der Waals surface area contributed by atoms with Gasteiger partial charge in [0.2, 0.25) is 0 Å². The van der Waals surface area contributed by atoms with Crippen LogP contribution in [-0.2, 0) is 16.0 Å². The molecule has 0 aliphatic heterocycles. The lowest BCUT2D eigenvalue weighted by molar-refractivity contribution is -0.146. The maximum Gasteiger partial charge on any atom is 0.332 e. The van der Waals surface area contributed by atoms with Crippen molar-refractivity contribution in [2.24, 2.45) is 5.41 Å². The lowest BCUT2D eigenvalue weighted by Crippen LogP contribution is -2.35. The van der Waals surface area contributed by atoms with E-state index in [1.807, 2.05) is 30.3 Å². The van der Waals surface area contributed by atoms with Gasteiger partial charge in [-0.3, -0.25) is 4.79 Å². The summed E-state index contributed by atoms with van der Waals surface area (Å²) in [5.74, 6) is -2.65. The Morgan fingerprint density at radius 1 is 1.04 bits per heavy atom. The molecule has 0 spiro atoms. The molecule has 1 atom stereocenters. The molecule has 0 radical (unpaired) electrons. The second kappa shape index (κ2) is 7.19. The molecular formula is C22H19FO4. The molecule has 0 heterocycles. The van der Waals surface area contributed by atoms with E-state index in [9.17, 15) is 24.2 Å². The fourth-order valence-electron chi connectivity index (χ4n) is 3.67. The molecule has 2 aromatic carbocycles. The Bertz CT molecular complexity index is 942. The Kier molecular flexibility index (Phi) is 4.95. The topological polar surface area (TPSA) is 74.6 Å². The van der Waals surface area contributed by atoms with Crippen LogP contribution in [0, 0.1) is 11.2 Å². The predicted octanol–water partition coefficient (Wildman–Crippen LogP) is 4.33. The fourth-order valence-corrected chi connectivity index (χ4v) is 3.67. The highest BCUT2D eigenvalue weighted by molar-refractivity contribution is 6.03. The molecular weight excluding hydrogens is 347 g/mol. The average Bonchev–Trinajstić information content (AvgIpc) is 2.63. The van der Waals surface area contributed by atoms with Crippen LogP contribution in [0.4, 0.5) is 4.39 Å². The van der Waals surface area contributed by atoms with Crippen LogP contribution in [0.15, 0.2) is 71.8 Å². The molecule has 0 fully saturated rings. The molecule has 0 aromatic heterocycles. The summed E-state index contributed by atoms with van der Waals surface area (Å²) in [4.78, 5) is 24.1. The van der Waals surface area contributed by atoms with Gasteiger partial charge in [-0.25, -0.2) is 9.18 Å². The van der Waals surface area contributed by atoms with Crippen molar-refractivity contribution in [3.8, 4) is 0 Å². The Hall–Kier alpha value is -3.21. The van der Waals surface area contributed by atoms with E-state index in [1.165, 1.54) is 24.3 Å². The van der Waals surface area contributed by atoms with Crippen molar-refractivity contribution in [1.82, 2.24) is 0 Å². The minimum absolute atomic E-state index is 0.0277. The molecule has 2 aromatic rings. The average molecular weight is 366 g/mol. The van der Waals surface area contributed by atoms with Crippen LogP contribution in [0.3, 0.4) is 0 Å². The van der Waals surface area contributed by atoms with Crippen molar-refractivity contribution in [3.63, 3.8) is 0 Å². The number of benzene rings is 2. The first kappa shape index (κ1) is 18.6. The molecule has 27 heavy (non-hydrogen) atoms. The zero-order valence-corrected chi connectivity index (χ0v) is 14.8. The van der Waals surface area contributed by atoms with Gasteiger partial charge in [0.05, 0.1) is 5.41 Å². The van der Waals surface area contributed by atoms with Gasteiger partial charge in [0.15, 0.2) is 0 Å². The Morgan fingerprint density at radius 2 is 1.67 bits per heavy atom. The zero-order chi connectivity index (χ0) is 19.6. The first-order valence-electron chi connectivity index (χ1n) is 8.52. The number of carboxylic acid groups (broad SMARTS) is 2. The van der Waals surface area contributed by atoms with Crippen LogP contribution in [0.1, 0.15) is 24.5 Å². The van der Waals surface area contributed by atoms with Gasteiger partial charge in [0, 0.05) is 12.0 Å². The van der Waals surface area contributed by atoms with Crippen LogP contribution in [-0.4, -0.2) is 22.2 Å². The van der Waals surface area contributed by atoms with E-state index in [0.29, 0.717) is 16.7 Å². The monoisotopic (exact) mass is 366 g/mol. The molecule has 0 saturated carbocycles. The van der Waals surface area contributed by atoms with Gasteiger partial charge in [-0.2, -0.15) is 0 Å². The SMILES string of the molecule is CC1=CC(Cc2ccccc2)(C(=O)O)CC(C(=O)O)=C1c1ccc(F)cc1. The normalized spacial score (nSPS) is 19.6. The lowest BCUT2D eigenvalue weighted by Gasteiger charge is -2.33. The predicted molar refractivity (Wildman–Crippen MR) is 99.5 cm³/mol. The first-order chi connectivity index (χ1) is 12.8. The van der Waals surface area contributed by atoms with Crippen LogP contribution < -0.4 is 0 Å². The molecule has 138 valence electrons. The highest BCUT2D eigenvalue weighted by Gasteiger charge is 2.42. The zero-order valence-electron chi connectivity index (χ0n) is 14.8.